The number of nitrogens with zero attached hydrogens (tertiary/aromatic N) is 2. The van der Waals surface area contributed by atoms with Crippen LogP contribution in [0.1, 0.15) is 23.0 Å². The van der Waals surface area contributed by atoms with Gasteiger partial charge in [-0.1, -0.05) is 24.3 Å². The van der Waals surface area contributed by atoms with E-state index in [0.29, 0.717) is 30.4 Å². The third-order valence-corrected chi connectivity index (χ3v) is 3.71. The van der Waals surface area contributed by atoms with Crippen molar-refractivity contribution in [3.8, 4) is 5.75 Å². The van der Waals surface area contributed by atoms with Crippen LogP contribution in [0.5, 0.6) is 5.75 Å². The second kappa shape index (κ2) is 8.75. The van der Waals surface area contributed by atoms with Gasteiger partial charge in [-0.25, -0.2) is 14.4 Å². The molecule has 1 amide bonds. The number of nitrogens with one attached hydrogen (secondary N) is 2. The summed E-state index contributed by atoms with van der Waals surface area (Å²) in [5, 5.41) is 5.85. The van der Waals surface area contributed by atoms with Crippen molar-refractivity contribution in [2.24, 2.45) is 0 Å². The van der Waals surface area contributed by atoms with Crippen molar-refractivity contribution in [3.63, 3.8) is 0 Å². The number of aromatic nitrogens is 2. The van der Waals surface area contributed by atoms with Gasteiger partial charge in [0.25, 0.3) is 5.91 Å². The first kappa shape index (κ1) is 18.3. The summed E-state index contributed by atoms with van der Waals surface area (Å²) in [6, 6.07) is 13.4. The Hall–Kier alpha value is -3.48. The number of amides is 1. The molecule has 1 aromatic heterocycles. The maximum atomic E-state index is 12.9. The van der Waals surface area contributed by atoms with E-state index in [-0.39, 0.29) is 17.4 Å². The lowest BCUT2D eigenvalue weighted by Crippen LogP contribution is -2.15. The molecule has 3 aromatic rings. The summed E-state index contributed by atoms with van der Waals surface area (Å²) in [7, 11) is 0. The van der Waals surface area contributed by atoms with E-state index >= 15 is 0 Å². The second-order valence-corrected chi connectivity index (χ2v) is 5.65. The Morgan fingerprint density at radius 1 is 1.07 bits per heavy atom. The molecule has 138 valence electrons. The van der Waals surface area contributed by atoms with Gasteiger partial charge in [0.05, 0.1) is 24.7 Å². The van der Waals surface area contributed by atoms with E-state index in [1.807, 2.05) is 19.1 Å². The summed E-state index contributed by atoms with van der Waals surface area (Å²) >= 11 is 0. The van der Waals surface area contributed by atoms with Crippen LogP contribution < -0.4 is 15.4 Å². The highest BCUT2D eigenvalue weighted by molar-refractivity contribution is 6.03. The van der Waals surface area contributed by atoms with Crippen LogP contribution in [0, 0.1) is 5.82 Å². The Morgan fingerprint density at radius 2 is 1.85 bits per heavy atom. The minimum absolute atomic E-state index is 0.189. The van der Waals surface area contributed by atoms with Crippen molar-refractivity contribution in [1.82, 2.24) is 9.97 Å². The second-order valence-electron chi connectivity index (χ2n) is 5.65. The molecule has 0 atom stereocenters. The van der Waals surface area contributed by atoms with Gasteiger partial charge in [0.2, 0.25) is 0 Å². The van der Waals surface area contributed by atoms with Crippen molar-refractivity contribution in [2.75, 3.05) is 17.2 Å². The molecule has 0 unspecified atom stereocenters. The number of carbonyl (C=O) groups is 1. The highest BCUT2D eigenvalue weighted by atomic mass is 19.1. The zero-order valence-corrected chi connectivity index (χ0v) is 14.8. The van der Waals surface area contributed by atoms with E-state index in [1.165, 1.54) is 24.5 Å². The molecule has 6 nitrogen and oxygen atoms in total. The number of anilines is 2. The molecule has 27 heavy (non-hydrogen) atoms. The van der Waals surface area contributed by atoms with Crippen molar-refractivity contribution in [3.05, 3.63) is 78.0 Å². The zero-order valence-electron chi connectivity index (χ0n) is 14.8. The predicted molar refractivity (Wildman–Crippen MR) is 101 cm³/mol. The molecule has 0 radical (unpaired) electrons. The molecule has 0 saturated heterocycles. The van der Waals surface area contributed by atoms with Gasteiger partial charge in [0.1, 0.15) is 23.1 Å². The summed E-state index contributed by atoms with van der Waals surface area (Å²) in [6.45, 7) is 2.85. The topological polar surface area (TPSA) is 76.1 Å². The van der Waals surface area contributed by atoms with E-state index in [9.17, 15) is 9.18 Å². The van der Waals surface area contributed by atoms with Gasteiger partial charge in [0.15, 0.2) is 0 Å². The van der Waals surface area contributed by atoms with Gasteiger partial charge in [-0.3, -0.25) is 4.79 Å². The fourth-order valence-electron chi connectivity index (χ4n) is 2.37. The number of hydrogen-bond donors (Lipinski definition) is 2. The summed E-state index contributed by atoms with van der Waals surface area (Å²) in [5.41, 5.74) is 1.67. The smallest absolute Gasteiger partial charge is 0.275 e. The first-order valence-corrected chi connectivity index (χ1v) is 8.49. The van der Waals surface area contributed by atoms with Crippen molar-refractivity contribution in [2.45, 2.75) is 13.5 Å². The molecular formula is C20H19FN4O2. The molecule has 0 bridgehead atoms. The molecule has 7 heteroatoms. The zero-order chi connectivity index (χ0) is 19.1. The van der Waals surface area contributed by atoms with Gasteiger partial charge < -0.3 is 15.4 Å². The summed E-state index contributed by atoms with van der Waals surface area (Å²) in [4.78, 5) is 20.7. The van der Waals surface area contributed by atoms with Gasteiger partial charge >= 0.3 is 0 Å². The average Bonchev–Trinajstić information content (AvgIpc) is 2.69. The highest BCUT2D eigenvalue weighted by Crippen LogP contribution is 2.24. The molecule has 0 aliphatic carbocycles. The maximum Gasteiger partial charge on any atom is 0.275 e. The van der Waals surface area contributed by atoms with E-state index in [0.717, 1.165) is 5.56 Å². The first-order valence-electron chi connectivity index (χ1n) is 8.49. The SMILES string of the molecule is CCOc1ccccc1NC(=O)c1cnc(NCc2ccc(F)cc2)cn1. The molecule has 0 aliphatic rings. The Kier molecular flexibility index (Phi) is 5.94. The number of benzene rings is 2. The molecule has 2 N–H and O–H groups in total. The van der Waals surface area contributed by atoms with Crippen molar-refractivity contribution >= 4 is 17.4 Å². The molecule has 0 aliphatic heterocycles. The monoisotopic (exact) mass is 366 g/mol. The lowest BCUT2D eigenvalue weighted by molar-refractivity contribution is 0.102. The van der Waals surface area contributed by atoms with Crippen LogP contribution in [0.15, 0.2) is 60.9 Å². The fraction of sp³-hybridized carbons (Fsp3) is 0.150. The number of hydrogen-bond acceptors (Lipinski definition) is 5. The lowest BCUT2D eigenvalue weighted by atomic mass is 10.2. The Bertz CT molecular complexity index is 899. The quantitative estimate of drug-likeness (QED) is 0.664. The summed E-state index contributed by atoms with van der Waals surface area (Å²) < 4.78 is 18.4. The lowest BCUT2D eigenvalue weighted by Gasteiger charge is -2.11. The largest absolute Gasteiger partial charge is 0.492 e. The molecule has 0 saturated carbocycles. The van der Waals surface area contributed by atoms with E-state index in [2.05, 4.69) is 20.6 Å². The number of para-hydroxylation sites is 2. The first-order chi connectivity index (χ1) is 13.2. The van der Waals surface area contributed by atoms with Crippen LogP contribution >= 0.6 is 0 Å². The highest BCUT2D eigenvalue weighted by Gasteiger charge is 2.11. The van der Waals surface area contributed by atoms with Crippen LogP contribution in [-0.2, 0) is 6.54 Å². The van der Waals surface area contributed by atoms with Gasteiger partial charge in [-0.05, 0) is 36.8 Å². The predicted octanol–water partition coefficient (Wildman–Crippen LogP) is 3.88. The average molecular weight is 366 g/mol. The normalized spacial score (nSPS) is 10.3. The molecule has 0 fully saturated rings. The number of halogens is 1. The number of carbonyl (C=O) groups excluding carboxylic acids is 1. The van der Waals surface area contributed by atoms with E-state index in [4.69, 9.17) is 4.74 Å². The number of rotatable bonds is 7. The van der Waals surface area contributed by atoms with Crippen LogP contribution in [0.4, 0.5) is 15.9 Å². The van der Waals surface area contributed by atoms with E-state index < -0.39 is 0 Å². The minimum atomic E-state index is -0.375. The van der Waals surface area contributed by atoms with Gasteiger partial charge in [-0.2, -0.15) is 0 Å². The van der Waals surface area contributed by atoms with Crippen molar-refractivity contribution in [1.29, 1.82) is 0 Å². The summed E-state index contributed by atoms with van der Waals surface area (Å²) in [5.74, 6) is 0.462. The summed E-state index contributed by atoms with van der Waals surface area (Å²) in [6.07, 6.45) is 2.87. The Labute approximate surface area is 156 Å². The Balaban J connectivity index is 1.61. The maximum absolute atomic E-state index is 12.9. The van der Waals surface area contributed by atoms with Crippen LogP contribution in [0.3, 0.4) is 0 Å². The van der Waals surface area contributed by atoms with E-state index in [1.54, 1.807) is 24.3 Å². The Morgan fingerprint density at radius 3 is 2.56 bits per heavy atom. The minimum Gasteiger partial charge on any atom is -0.492 e. The third-order valence-electron chi connectivity index (χ3n) is 3.71. The molecule has 1 heterocycles. The number of ether oxygens (including phenoxy) is 1. The van der Waals surface area contributed by atoms with Gasteiger partial charge in [-0.15, -0.1) is 0 Å². The third kappa shape index (κ3) is 5.01. The molecule has 0 spiro atoms. The van der Waals surface area contributed by atoms with Crippen LogP contribution in [0.2, 0.25) is 0 Å². The molecular weight excluding hydrogens is 347 g/mol. The van der Waals surface area contributed by atoms with Gasteiger partial charge in [0, 0.05) is 6.54 Å². The molecule has 3 rings (SSSR count). The fourth-order valence-corrected chi connectivity index (χ4v) is 2.37. The van der Waals surface area contributed by atoms with Crippen molar-refractivity contribution < 1.29 is 13.9 Å². The molecule has 2 aromatic carbocycles. The van der Waals surface area contributed by atoms with Crippen LogP contribution in [-0.4, -0.2) is 22.5 Å². The van der Waals surface area contributed by atoms with Crippen LogP contribution in [0.25, 0.3) is 0 Å². The standard InChI is InChI=1S/C20H19FN4O2/c1-2-27-18-6-4-3-5-16(18)25-20(26)17-12-24-19(13-22-17)23-11-14-7-9-15(21)10-8-14/h3-10,12-13H,2,11H2,1H3,(H,23,24)(H,25,26).